The van der Waals surface area contributed by atoms with E-state index in [1.54, 1.807) is 42.5 Å². The Morgan fingerprint density at radius 1 is 1.00 bits per heavy atom. The van der Waals surface area contributed by atoms with Crippen LogP contribution in [0.5, 0.6) is 11.5 Å². The lowest BCUT2D eigenvalue weighted by Crippen LogP contribution is -2.20. The number of rotatable bonds is 6. The molecule has 0 radical (unpaired) electrons. The van der Waals surface area contributed by atoms with Crippen LogP contribution in [0.3, 0.4) is 0 Å². The Balaban J connectivity index is 1.39. The van der Waals surface area contributed by atoms with Gasteiger partial charge in [-0.1, -0.05) is 0 Å². The molecule has 1 heterocycles. The molecule has 3 aromatic carbocycles. The molecule has 34 heavy (non-hydrogen) atoms. The van der Waals surface area contributed by atoms with Gasteiger partial charge < -0.3 is 25.5 Å². The number of fused-ring (bicyclic) bond motifs is 1. The summed E-state index contributed by atoms with van der Waals surface area (Å²) in [6.07, 6.45) is -1.24. The summed E-state index contributed by atoms with van der Waals surface area (Å²) in [6, 6.07) is 13.2. The fourth-order valence-corrected chi connectivity index (χ4v) is 2.96. The van der Waals surface area contributed by atoms with Crippen LogP contribution in [0.1, 0.15) is 0 Å². The first-order valence-corrected chi connectivity index (χ1v) is 9.56. The van der Waals surface area contributed by atoms with Crippen LogP contribution in [0.15, 0.2) is 60.7 Å². The van der Waals surface area contributed by atoms with E-state index in [-0.39, 0.29) is 17.3 Å². The average Bonchev–Trinajstić information content (AvgIpc) is 3.17. The highest BCUT2D eigenvalue weighted by Crippen LogP contribution is 2.27. The minimum Gasteiger partial charge on any atom is -0.465 e. The molecule has 0 aliphatic carbocycles. The van der Waals surface area contributed by atoms with E-state index in [0.717, 1.165) is 18.2 Å². The van der Waals surface area contributed by atoms with Gasteiger partial charge in [0.2, 0.25) is 5.95 Å². The lowest BCUT2D eigenvalue weighted by Gasteiger charge is -2.10. The van der Waals surface area contributed by atoms with Crippen molar-refractivity contribution in [1.29, 1.82) is 0 Å². The van der Waals surface area contributed by atoms with Crippen LogP contribution in [0.25, 0.3) is 11.0 Å². The van der Waals surface area contributed by atoms with Crippen LogP contribution < -0.4 is 20.7 Å². The van der Waals surface area contributed by atoms with E-state index < -0.39 is 22.9 Å². The zero-order valence-electron chi connectivity index (χ0n) is 17.0. The smallest absolute Gasteiger partial charge is 0.411 e. The molecule has 172 valence electrons. The number of carbonyl (C=O) groups excluding carboxylic acids is 1. The SMILES string of the molecule is O=C(O)Nc1nc2cc(Oc3ccc(NC(=O)Nc4cc([N+](=O)[O-])ccc4F)cc3)ccc2[nH]1. The van der Waals surface area contributed by atoms with Crippen LogP contribution in [0, 0.1) is 15.9 Å². The molecule has 0 aliphatic rings. The second-order valence-corrected chi connectivity index (χ2v) is 6.82. The number of carboxylic acid groups (broad SMARTS) is 1. The molecule has 0 atom stereocenters. The van der Waals surface area contributed by atoms with Crippen molar-refractivity contribution < 1.29 is 28.7 Å². The van der Waals surface area contributed by atoms with Crippen molar-refractivity contribution in [3.63, 3.8) is 0 Å². The maximum atomic E-state index is 13.8. The Labute approximate surface area is 189 Å². The van der Waals surface area contributed by atoms with Crippen molar-refractivity contribution >= 4 is 46.2 Å². The topological polar surface area (TPSA) is 172 Å². The van der Waals surface area contributed by atoms with Gasteiger partial charge in [-0.15, -0.1) is 0 Å². The van der Waals surface area contributed by atoms with Gasteiger partial charge in [0.05, 0.1) is 21.6 Å². The lowest BCUT2D eigenvalue weighted by molar-refractivity contribution is -0.384. The molecule has 13 heteroatoms. The predicted molar refractivity (Wildman–Crippen MR) is 120 cm³/mol. The maximum absolute atomic E-state index is 13.8. The highest BCUT2D eigenvalue weighted by molar-refractivity contribution is 6.00. The third-order valence-electron chi connectivity index (χ3n) is 4.44. The normalized spacial score (nSPS) is 10.5. The monoisotopic (exact) mass is 466 g/mol. The Kier molecular flexibility index (Phi) is 5.90. The number of benzene rings is 3. The zero-order valence-corrected chi connectivity index (χ0v) is 17.0. The number of non-ortho nitro benzene ring substituents is 1. The van der Waals surface area contributed by atoms with E-state index in [9.17, 15) is 24.1 Å². The Bertz CT molecular complexity index is 1400. The first-order chi connectivity index (χ1) is 16.3. The highest BCUT2D eigenvalue weighted by atomic mass is 19.1. The first-order valence-electron chi connectivity index (χ1n) is 9.56. The lowest BCUT2D eigenvalue weighted by atomic mass is 10.2. The number of nitro groups is 1. The Morgan fingerprint density at radius 3 is 2.44 bits per heavy atom. The molecule has 5 N–H and O–H groups in total. The van der Waals surface area contributed by atoms with E-state index in [4.69, 9.17) is 9.84 Å². The second kappa shape index (κ2) is 9.12. The molecule has 0 bridgehead atoms. The molecule has 4 rings (SSSR count). The number of nitro benzene ring substituents is 1. The molecule has 0 saturated heterocycles. The number of urea groups is 1. The second-order valence-electron chi connectivity index (χ2n) is 6.82. The van der Waals surface area contributed by atoms with Crippen molar-refractivity contribution in [3.8, 4) is 11.5 Å². The molecular formula is C21H15FN6O6. The van der Waals surface area contributed by atoms with Crippen molar-refractivity contribution in [2.75, 3.05) is 16.0 Å². The van der Waals surface area contributed by atoms with Gasteiger partial charge in [0.1, 0.15) is 17.3 Å². The molecule has 0 spiro atoms. The summed E-state index contributed by atoms with van der Waals surface area (Å²) in [5.41, 5.74) is 0.775. The summed E-state index contributed by atoms with van der Waals surface area (Å²) in [4.78, 5) is 39.9. The van der Waals surface area contributed by atoms with Crippen molar-refractivity contribution in [2.24, 2.45) is 0 Å². The van der Waals surface area contributed by atoms with Crippen LogP contribution >= 0.6 is 0 Å². The van der Waals surface area contributed by atoms with E-state index in [0.29, 0.717) is 28.2 Å². The van der Waals surface area contributed by atoms with E-state index in [1.807, 2.05) is 0 Å². The number of hydrogen-bond donors (Lipinski definition) is 5. The average molecular weight is 466 g/mol. The van der Waals surface area contributed by atoms with Crippen LogP contribution in [0.4, 0.5) is 37.0 Å². The molecular weight excluding hydrogens is 451 g/mol. The molecule has 0 unspecified atom stereocenters. The summed E-state index contributed by atoms with van der Waals surface area (Å²) in [7, 11) is 0. The third kappa shape index (κ3) is 5.16. The van der Waals surface area contributed by atoms with Crippen molar-refractivity contribution in [3.05, 3.63) is 76.6 Å². The van der Waals surface area contributed by atoms with Crippen molar-refractivity contribution in [1.82, 2.24) is 9.97 Å². The minimum atomic E-state index is -1.24. The van der Waals surface area contributed by atoms with E-state index in [2.05, 4.69) is 25.9 Å². The number of ether oxygens (including phenoxy) is 1. The molecule has 4 aromatic rings. The maximum Gasteiger partial charge on any atom is 0.411 e. The van der Waals surface area contributed by atoms with Gasteiger partial charge in [-0.2, -0.15) is 0 Å². The van der Waals surface area contributed by atoms with Gasteiger partial charge in [0.15, 0.2) is 0 Å². The number of aromatic nitrogens is 2. The third-order valence-corrected chi connectivity index (χ3v) is 4.44. The highest BCUT2D eigenvalue weighted by Gasteiger charge is 2.13. The standard InChI is InChI=1S/C21H15FN6O6/c22-15-7-3-12(28(32)33)9-17(15)26-20(29)23-11-1-4-13(5-2-11)34-14-6-8-16-18(10-14)25-19(24-16)27-21(30)31/h1-10H,(H,30,31)(H2,23,26,29)(H2,24,25,27). The molecule has 3 amide bonds. The van der Waals surface area contributed by atoms with Crippen LogP contribution in [0.2, 0.25) is 0 Å². The molecule has 0 aliphatic heterocycles. The van der Waals surface area contributed by atoms with Crippen molar-refractivity contribution in [2.45, 2.75) is 0 Å². The molecule has 12 nitrogen and oxygen atoms in total. The fourth-order valence-electron chi connectivity index (χ4n) is 2.96. The number of halogens is 1. The number of aromatic amines is 1. The summed E-state index contributed by atoms with van der Waals surface area (Å²) in [5.74, 6) is 0.150. The number of nitrogens with one attached hydrogen (secondary N) is 4. The van der Waals surface area contributed by atoms with E-state index >= 15 is 0 Å². The minimum absolute atomic E-state index is 0.0818. The molecule has 0 saturated carbocycles. The Hall–Kier alpha value is -5.20. The number of hydrogen-bond acceptors (Lipinski definition) is 6. The predicted octanol–water partition coefficient (Wildman–Crippen LogP) is 5.14. The molecule has 0 fully saturated rings. The van der Waals surface area contributed by atoms with Gasteiger partial charge in [-0.25, -0.2) is 19.0 Å². The number of carbonyl (C=O) groups is 2. The van der Waals surface area contributed by atoms with Gasteiger partial charge >= 0.3 is 12.1 Å². The van der Waals surface area contributed by atoms with Gasteiger partial charge in [0, 0.05) is 23.9 Å². The van der Waals surface area contributed by atoms with Crippen LogP contribution in [-0.4, -0.2) is 32.1 Å². The van der Waals surface area contributed by atoms with Crippen LogP contribution in [-0.2, 0) is 0 Å². The molecule has 1 aromatic heterocycles. The quantitative estimate of drug-likeness (QED) is 0.193. The summed E-state index contributed by atoms with van der Waals surface area (Å²) >= 11 is 0. The number of imidazole rings is 1. The largest absolute Gasteiger partial charge is 0.465 e. The van der Waals surface area contributed by atoms with Gasteiger partial charge in [-0.3, -0.25) is 15.4 Å². The number of amides is 3. The fraction of sp³-hybridized carbons (Fsp3) is 0. The summed E-state index contributed by atoms with van der Waals surface area (Å²) < 4.78 is 19.6. The zero-order chi connectivity index (χ0) is 24.2. The number of H-pyrrole nitrogens is 1. The van der Waals surface area contributed by atoms with E-state index in [1.165, 1.54) is 0 Å². The summed E-state index contributed by atoms with van der Waals surface area (Å²) in [5, 5.41) is 26.4. The Morgan fingerprint density at radius 2 is 1.74 bits per heavy atom. The van der Waals surface area contributed by atoms with Gasteiger partial charge in [0.25, 0.3) is 5.69 Å². The summed E-state index contributed by atoms with van der Waals surface area (Å²) in [6.45, 7) is 0. The number of nitrogens with zero attached hydrogens (tertiary/aromatic N) is 2. The number of anilines is 3. The van der Waals surface area contributed by atoms with Gasteiger partial charge in [-0.05, 0) is 42.5 Å². The first kappa shape index (κ1) is 22.0.